The van der Waals surface area contributed by atoms with Crippen LogP contribution in [0.4, 0.5) is 5.69 Å². The van der Waals surface area contributed by atoms with Crippen molar-refractivity contribution in [1.29, 1.82) is 0 Å². The van der Waals surface area contributed by atoms with Crippen molar-refractivity contribution in [3.63, 3.8) is 0 Å². The molecule has 2 amide bonds. The summed E-state index contributed by atoms with van der Waals surface area (Å²) >= 11 is 6.42. The van der Waals surface area contributed by atoms with E-state index in [4.69, 9.17) is 4.74 Å². The lowest BCUT2D eigenvalue weighted by atomic mass is 9.68. The van der Waals surface area contributed by atoms with Crippen LogP contribution in [0.2, 0.25) is 0 Å². The largest absolute Gasteiger partial charge is 0.489 e. The Kier molecular flexibility index (Phi) is 6.05. The van der Waals surface area contributed by atoms with Crippen molar-refractivity contribution in [1.82, 2.24) is 4.98 Å². The van der Waals surface area contributed by atoms with E-state index in [0.717, 1.165) is 37.7 Å². The third kappa shape index (κ3) is 3.92. The molecule has 41 heavy (non-hydrogen) atoms. The Hall–Kier alpha value is -3.14. The minimum absolute atomic E-state index is 0.0527. The molecule has 3 fully saturated rings. The van der Waals surface area contributed by atoms with Crippen LogP contribution < -0.4 is 14.5 Å². The summed E-state index contributed by atoms with van der Waals surface area (Å²) in [7, 11) is 0. The van der Waals surface area contributed by atoms with Crippen LogP contribution in [0.5, 0.6) is 5.75 Å². The number of carbonyl (C=O) groups is 2. The molecular weight excluding hydrogens is 620 g/mol. The van der Waals surface area contributed by atoms with Crippen LogP contribution in [0.1, 0.15) is 28.3 Å². The van der Waals surface area contributed by atoms with Gasteiger partial charge in [0.25, 0.3) is 0 Å². The number of imide groups is 1. The Morgan fingerprint density at radius 3 is 2.37 bits per heavy atom. The number of rotatable bonds is 5. The lowest BCUT2D eigenvalue weighted by molar-refractivity contribution is -0.123. The van der Waals surface area contributed by atoms with Crippen molar-refractivity contribution in [2.45, 2.75) is 29.2 Å². The van der Waals surface area contributed by atoms with Crippen LogP contribution in [-0.2, 0) is 16.2 Å². The van der Waals surface area contributed by atoms with E-state index < -0.39 is 0 Å². The van der Waals surface area contributed by atoms with E-state index in [1.807, 2.05) is 72.8 Å². The highest BCUT2D eigenvalue weighted by Gasteiger charge is 2.69. The number of carbonyl (C=O) groups excluding carboxylic acids is 2. The zero-order chi connectivity index (χ0) is 27.8. The van der Waals surface area contributed by atoms with Crippen LogP contribution >= 0.6 is 39.0 Å². The van der Waals surface area contributed by atoms with Crippen molar-refractivity contribution in [3.8, 4) is 5.75 Å². The van der Waals surface area contributed by atoms with E-state index in [9.17, 15) is 14.4 Å². The van der Waals surface area contributed by atoms with Gasteiger partial charge in [-0.1, -0.05) is 75.8 Å². The molecule has 6 nitrogen and oxygen atoms in total. The predicted octanol–water partition coefficient (Wildman–Crippen LogP) is 6.46. The fourth-order valence-electron chi connectivity index (χ4n) is 7.81. The van der Waals surface area contributed by atoms with Gasteiger partial charge in [-0.05, 0) is 60.1 Å². The number of ether oxygens (including phenoxy) is 1. The highest BCUT2D eigenvalue weighted by Crippen LogP contribution is 2.69. The summed E-state index contributed by atoms with van der Waals surface area (Å²) in [6.07, 6.45) is 0.853. The number of aromatic nitrogens is 1. The average molecular weight is 646 g/mol. The first-order chi connectivity index (χ1) is 20.0. The van der Waals surface area contributed by atoms with Gasteiger partial charge in [0.1, 0.15) is 12.4 Å². The van der Waals surface area contributed by atoms with Crippen molar-refractivity contribution in [2.24, 2.45) is 29.6 Å². The van der Waals surface area contributed by atoms with E-state index in [2.05, 4.69) is 27.0 Å². The molecule has 206 valence electrons. The van der Waals surface area contributed by atoms with Crippen molar-refractivity contribution >= 4 is 56.5 Å². The number of hydrogen-bond acceptors (Lipinski definition) is 6. The monoisotopic (exact) mass is 644 g/mol. The summed E-state index contributed by atoms with van der Waals surface area (Å²) in [5.74, 6) is 0.132. The second-order valence-corrected chi connectivity index (χ2v) is 14.4. The van der Waals surface area contributed by atoms with Gasteiger partial charge in [-0.15, -0.1) is 11.8 Å². The first-order valence-electron chi connectivity index (χ1n) is 13.8. The van der Waals surface area contributed by atoms with Crippen LogP contribution in [-0.4, -0.2) is 22.0 Å². The summed E-state index contributed by atoms with van der Waals surface area (Å²) in [5.41, 5.74) is 2.75. The molecule has 1 N–H and O–H groups in total. The minimum atomic E-state index is -0.338. The van der Waals surface area contributed by atoms with Gasteiger partial charge in [0.05, 0.1) is 22.5 Å². The summed E-state index contributed by atoms with van der Waals surface area (Å²) in [6.45, 7) is 0.440. The summed E-state index contributed by atoms with van der Waals surface area (Å²) < 4.78 is 7.31. The molecule has 4 aromatic rings. The number of amides is 2. The number of nitrogens with zero attached hydrogens (tertiary/aromatic N) is 1. The highest BCUT2D eigenvalue weighted by molar-refractivity contribution is 9.10. The smallest absolute Gasteiger partial charge is 0.305 e. The number of hydrogen-bond donors (Lipinski definition) is 1. The number of H-pyrrole nitrogens is 1. The number of para-hydroxylation sites is 1. The SMILES string of the molecule is O=C1[C@H]2[C@H]3C[C@@H]([C@@H]2C(=O)N1c1ccc(Br)cc1)[C@H]1[C@H](c2ccccc2OCc2ccccc2)c2sc(=O)[nH]c2S[C@H]31. The standard InChI is InChI=1S/C32H25BrN2O4S2/c33-17-10-12-18(13-11-17)35-30(36)25-20-14-21(26(25)31(35)37)27-24(20)23(28-29(40-27)34-32(38)41-28)19-8-4-5-9-22(19)39-15-16-6-2-1-3-7-16/h1-13,20-21,23-27H,14-15H2,(H,34,38)/t20-,21-,23+,24+,25+,26+,27-/m1/s1. The normalized spacial score (nSPS) is 29.4. The molecule has 4 aliphatic rings. The van der Waals surface area contributed by atoms with Crippen LogP contribution in [0.25, 0.3) is 0 Å². The number of aromatic amines is 1. The molecule has 7 atom stereocenters. The summed E-state index contributed by atoms with van der Waals surface area (Å²) in [5, 5.41) is 1.03. The van der Waals surface area contributed by atoms with Gasteiger partial charge in [-0.25, -0.2) is 0 Å². The van der Waals surface area contributed by atoms with Crippen LogP contribution in [0.3, 0.4) is 0 Å². The Balaban J connectivity index is 1.19. The molecule has 1 aromatic heterocycles. The molecule has 3 heterocycles. The number of thiazole rings is 1. The molecule has 0 unspecified atom stereocenters. The molecule has 0 radical (unpaired) electrons. The second-order valence-electron chi connectivity index (χ2n) is 11.3. The zero-order valence-electron chi connectivity index (χ0n) is 21.7. The average Bonchev–Trinajstić information content (AvgIpc) is 3.72. The van der Waals surface area contributed by atoms with E-state index in [-0.39, 0.29) is 57.4 Å². The van der Waals surface area contributed by atoms with Gasteiger partial charge >= 0.3 is 4.87 Å². The Bertz CT molecular complexity index is 1740. The number of nitrogens with one attached hydrogen (secondary N) is 1. The van der Waals surface area contributed by atoms with Crippen molar-refractivity contribution < 1.29 is 14.3 Å². The van der Waals surface area contributed by atoms with E-state index in [1.54, 1.807) is 11.8 Å². The molecule has 9 heteroatoms. The van der Waals surface area contributed by atoms with Gasteiger partial charge in [0.15, 0.2) is 0 Å². The zero-order valence-corrected chi connectivity index (χ0v) is 25.0. The fraction of sp³-hybridized carbons (Fsp3) is 0.281. The van der Waals surface area contributed by atoms with Gasteiger partial charge in [-0.2, -0.15) is 0 Å². The van der Waals surface area contributed by atoms with Gasteiger partial charge in [-0.3, -0.25) is 19.3 Å². The first kappa shape index (κ1) is 25.6. The predicted molar refractivity (Wildman–Crippen MR) is 162 cm³/mol. The molecule has 2 aliphatic carbocycles. The summed E-state index contributed by atoms with van der Waals surface area (Å²) in [4.78, 5) is 45.9. The third-order valence-electron chi connectivity index (χ3n) is 9.30. The number of anilines is 1. The first-order valence-corrected chi connectivity index (χ1v) is 16.3. The van der Waals surface area contributed by atoms with E-state index in [0.29, 0.717) is 12.3 Å². The van der Waals surface area contributed by atoms with Gasteiger partial charge < -0.3 is 9.72 Å². The van der Waals surface area contributed by atoms with Gasteiger partial charge in [0.2, 0.25) is 11.8 Å². The molecule has 2 saturated carbocycles. The van der Waals surface area contributed by atoms with Crippen LogP contribution in [0.15, 0.2) is 93.2 Å². The molecule has 0 spiro atoms. The Morgan fingerprint density at radius 2 is 1.59 bits per heavy atom. The van der Waals surface area contributed by atoms with Gasteiger partial charge in [0, 0.05) is 26.1 Å². The Labute approximate surface area is 253 Å². The molecule has 8 rings (SSSR count). The van der Waals surface area contributed by atoms with Crippen molar-refractivity contribution in [2.75, 3.05) is 4.90 Å². The molecule has 2 aliphatic heterocycles. The number of halogens is 1. The third-order valence-corrected chi connectivity index (χ3v) is 12.4. The quantitative estimate of drug-likeness (QED) is 0.252. The molecule has 2 bridgehead atoms. The lowest BCUT2D eigenvalue weighted by Gasteiger charge is -2.43. The number of fused-ring (bicyclic) bond motifs is 9. The Morgan fingerprint density at radius 1 is 0.878 bits per heavy atom. The topological polar surface area (TPSA) is 79.5 Å². The minimum Gasteiger partial charge on any atom is -0.489 e. The second kappa shape index (κ2) is 9.71. The van der Waals surface area contributed by atoms with E-state index in [1.165, 1.54) is 16.2 Å². The highest BCUT2D eigenvalue weighted by atomic mass is 79.9. The summed E-state index contributed by atoms with van der Waals surface area (Å²) in [6, 6.07) is 25.6. The van der Waals surface area contributed by atoms with Crippen molar-refractivity contribution in [3.05, 3.63) is 109 Å². The molecule has 1 saturated heterocycles. The maximum absolute atomic E-state index is 14.0. The molecular formula is C32H25BrN2O4S2. The van der Waals surface area contributed by atoms with Crippen LogP contribution in [0, 0.1) is 29.6 Å². The van der Waals surface area contributed by atoms with E-state index >= 15 is 0 Å². The maximum atomic E-state index is 14.0. The fourth-order valence-corrected chi connectivity index (χ4v) is 11.0. The number of benzene rings is 3. The lowest BCUT2D eigenvalue weighted by Crippen LogP contribution is -2.42. The molecule has 3 aromatic carbocycles. The number of thioether (sulfide) groups is 1. The maximum Gasteiger partial charge on any atom is 0.305 e.